The summed E-state index contributed by atoms with van der Waals surface area (Å²) in [6.07, 6.45) is 0. The SMILES string of the molecule is Cc1ccc(-c2ccc(=O)n(CC(=O)N3CCN(c4ccccc4)CC3)n2)c(C)c1. The van der Waals surface area contributed by atoms with E-state index < -0.39 is 0 Å². The number of aryl methyl sites for hydroxylation is 2. The van der Waals surface area contributed by atoms with E-state index in [2.05, 4.69) is 28.2 Å². The third-order valence-electron chi connectivity index (χ3n) is 5.56. The van der Waals surface area contributed by atoms with Gasteiger partial charge >= 0.3 is 0 Å². The summed E-state index contributed by atoms with van der Waals surface area (Å²) in [7, 11) is 0. The molecule has 1 amide bonds. The van der Waals surface area contributed by atoms with E-state index in [1.165, 1.54) is 22.0 Å². The van der Waals surface area contributed by atoms with Gasteiger partial charge in [-0.05, 0) is 37.6 Å². The van der Waals surface area contributed by atoms with Crippen LogP contribution in [-0.4, -0.2) is 46.8 Å². The summed E-state index contributed by atoms with van der Waals surface area (Å²) in [4.78, 5) is 29.2. The number of rotatable bonds is 4. The van der Waals surface area contributed by atoms with Crippen molar-refractivity contribution in [1.82, 2.24) is 14.7 Å². The maximum absolute atomic E-state index is 12.8. The maximum Gasteiger partial charge on any atom is 0.267 e. The molecule has 0 spiro atoms. The van der Waals surface area contributed by atoms with Gasteiger partial charge in [0.15, 0.2) is 0 Å². The van der Waals surface area contributed by atoms with Gasteiger partial charge in [0.05, 0.1) is 5.69 Å². The fourth-order valence-electron chi connectivity index (χ4n) is 3.89. The molecule has 0 bridgehead atoms. The summed E-state index contributed by atoms with van der Waals surface area (Å²) < 4.78 is 1.28. The molecule has 0 atom stereocenters. The van der Waals surface area contributed by atoms with Gasteiger partial charge in [-0.1, -0.05) is 42.0 Å². The van der Waals surface area contributed by atoms with Crippen molar-refractivity contribution in [2.45, 2.75) is 20.4 Å². The van der Waals surface area contributed by atoms with E-state index in [0.29, 0.717) is 18.8 Å². The number of carbonyl (C=O) groups excluding carboxylic acids is 1. The molecule has 0 aliphatic carbocycles. The molecule has 0 N–H and O–H groups in total. The molecule has 4 rings (SSSR count). The molecule has 6 nitrogen and oxygen atoms in total. The van der Waals surface area contributed by atoms with Gasteiger partial charge in [0.25, 0.3) is 5.56 Å². The van der Waals surface area contributed by atoms with Gasteiger partial charge < -0.3 is 9.80 Å². The predicted octanol–water partition coefficient (Wildman–Crippen LogP) is 2.88. The quantitative estimate of drug-likeness (QED) is 0.673. The van der Waals surface area contributed by atoms with E-state index in [1.54, 1.807) is 6.07 Å². The highest BCUT2D eigenvalue weighted by atomic mass is 16.2. The van der Waals surface area contributed by atoms with Gasteiger partial charge in [-0.2, -0.15) is 5.10 Å². The Balaban J connectivity index is 1.45. The minimum atomic E-state index is -0.264. The molecule has 1 aliphatic rings. The molecular formula is C24H26N4O2. The highest BCUT2D eigenvalue weighted by molar-refractivity contribution is 5.76. The average molecular weight is 402 g/mol. The van der Waals surface area contributed by atoms with Crippen LogP contribution in [0.4, 0.5) is 5.69 Å². The second kappa shape index (κ2) is 8.53. The normalized spacial score (nSPS) is 14.1. The zero-order valence-electron chi connectivity index (χ0n) is 17.4. The number of amides is 1. The lowest BCUT2D eigenvalue weighted by molar-refractivity contribution is -0.132. The van der Waals surface area contributed by atoms with Gasteiger partial charge in [-0.3, -0.25) is 9.59 Å². The zero-order chi connectivity index (χ0) is 21.1. The van der Waals surface area contributed by atoms with Crippen LogP contribution in [0.15, 0.2) is 65.5 Å². The topological polar surface area (TPSA) is 58.4 Å². The summed E-state index contributed by atoms with van der Waals surface area (Å²) in [5.41, 5.74) is 4.85. The summed E-state index contributed by atoms with van der Waals surface area (Å²) in [6.45, 7) is 6.86. The first-order valence-electron chi connectivity index (χ1n) is 10.2. The molecular weight excluding hydrogens is 376 g/mol. The number of hydrogen-bond donors (Lipinski definition) is 0. The van der Waals surface area contributed by atoms with Crippen molar-refractivity contribution < 1.29 is 4.79 Å². The lowest BCUT2D eigenvalue weighted by Gasteiger charge is -2.36. The van der Waals surface area contributed by atoms with E-state index in [-0.39, 0.29) is 18.0 Å². The standard InChI is InChI=1S/C24H26N4O2/c1-18-8-9-21(19(2)16-18)22-10-11-23(29)28(25-22)17-24(30)27-14-12-26(13-15-27)20-6-4-3-5-7-20/h3-11,16H,12-15,17H2,1-2H3. The first-order valence-corrected chi connectivity index (χ1v) is 10.2. The number of para-hydroxylation sites is 1. The molecule has 0 saturated carbocycles. The van der Waals surface area contributed by atoms with Crippen LogP contribution >= 0.6 is 0 Å². The molecule has 6 heteroatoms. The van der Waals surface area contributed by atoms with E-state index in [1.807, 2.05) is 49.1 Å². The monoisotopic (exact) mass is 402 g/mol. The molecule has 0 unspecified atom stereocenters. The molecule has 2 heterocycles. The van der Waals surface area contributed by atoms with E-state index in [9.17, 15) is 9.59 Å². The Morgan fingerprint density at radius 3 is 2.37 bits per heavy atom. The number of aromatic nitrogens is 2. The minimum absolute atomic E-state index is 0.0388. The molecule has 1 fully saturated rings. The van der Waals surface area contributed by atoms with Crippen molar-refractivity contribution in [3.8, 4) is 11.3 Å². The molecule has 2 aromatic carbocycles. The van der Waals surface area contributed by atoms with Crippen LogP contribution in [0.3, 0.4) is 0 Å². The van der Waals surface area contributed by atoms with Crippen molar-refractivity contribution >= 4 is 11.6 Å². The maximum atomic E-state index is 12.8. The number of hydrogen-bond acceptors (Lipinski definition) is 4. The summed E-state index contributed by atoms with van der Waals surface area (Å²) in [6, 6.07) is 19.5. The molecule has 1 aromatic heterocycles. The van der Waals surface area contributed by atoms with E-state index in [0.717, 1.165) is 24.2 Å². The van der Waals surface area contributed by atoms with Crippen LogP contribution in [0, 0.1) is 13.8 Å². The number of piperazine rings is 1. The molecule has 1 aliphatic heterocycles. The molecule has 3 aromatic rings. The summed E-state index contributed by atoms with van der Waals surface area (Å²) >= 11 is 0. The van der Waals surface area contributed by atoms with Crippen LogP contribution in [0.1, 0.15) is 11.1 Å². The fraction of sp³-hybridized carbons (Fsp3) is 0.292. The third-order valence-corrected chi connectivity index (χ3v) is 5.56. The molecule has 1 saturated heterocycles. The number of anilines is 1. The second-order valence-electron chi connectivity index (χ2n) is 7.74. The average Bonchev–Trinajstić information content (AvgIpc) is 2.76. The Morgan fingerprint density at radius 1 is 0.933 bits per heavy atom. The van der Waals surface area contributed by atoms with Gasteiger partial charge in [-0.15, -0.1) is 0 Å². The Kier molecular flexibility index (Phi) is 5.65. The Bertz CT molecular complexity index is 1100. The number of benzene rings is 2. The third kappa shape index (κ3) is 4.27. The van der Waals surface area contributed by atoms with Crippen LogP contribution in [0.5, 0.6) is 0 Å². The van der Waals surface area contributed by atoms with Crippen LogP contribution in [0.2, 0.25) is 0 Å². The minimum Gasteiger partial charge on any atom is -0.368 e. The second-order valence-corrected chi connectivity index (χ2v) is 7.74. The number of carbonyl (C=O) groups is 1. The number of nitrogens with zero attached hydrogens (tertiary/aromatic N) is 4. The highest BCUT2D eigenvalue weighted by Crippen LogP contribution is 2.21. The molecule has 0 radical (unpaired) electrons. The first kappa shape index (κ1) is 19.9. The summed E-state index contributed by atoms with van der Waals surface area (Å²) in [5.74, 6) is -0.0740. The van der Waals surface area contributed by atoms with Gasteiger partial charge in [0.1, 0.15) is 6.54 Å². The zero-order valence-corrected chi connectivity index (χ0v) is 17.4. The highest BCUT2D eigenvalue weighted by Gasteiger charge is 2.22. The Labute approximate surface area is 176 Å². The lowest BCUT2D eigenvalue weighted by Crippen LogP contribution is -2.50. The fourth-order valence-corrected chi connectivity index (χ4v) is 3.89. The van der Waals surface area contributed by atoms with Crippen molar-refractivity contribution in [2.75, 3.05) is 31.1 Å². The largest absolute Gasteiger partial charge is 0.368 e. The van der Waals surface area contributed by atoms with Crippen molar-refractivity contribution in [2.24, 2.45) is 0 Å². The van der Waals surface area contributed by atoms with Crippen LogP contribution < -0.4 is 10.5 Å². The molecule has 154 valence electrons. The summed E-state index contributed by atoms with van der Waals surface area (Å²) in [5, 5.41) is 4.48. The van der Waals surface area contributed by atoms with Crippen molar-refractivity contribution in [3.63, 3.8) is 0 Å². The van der Waals surface area contributed by atoms with Crippen LogP contribution in [0.25, 0.3) is 11.3 Å². The molecule has 30 heavy (non-hydrogen) atoms. The van der Waals surface area contributed by atoms with E-state index in [4.69, 9.17) is 0 Å². The van der Waals surface area contributed by atoms with Crippen molar-refractivity contribution in [1.29, 1.82) is 0 Å². The van der Waals surface area contributed by atoms with Gasteiger partial charge in [0, 0.05) is 43.5 Å². The Hall–Kier alpha value is -3.41. The van der Waals surface area contributed by atoms with Crippen molar-refractivity contribution in [3.05, 3.63) is 82.1 Å². The predicted molar refractivity (Wildman–Crippen MR) is 119 cm³/mol. The first-order chi connectivity index (χ1) is 14.5. The van der Waals surface area contributed by atoms with Gasteiger partial charge in [0.2, 0.25) is 5.91 Å². The smallest absolute Gasteiger partial charge is 0.267 e. The van der Waals surface area contributed by atoms with E-state index >= 15 is 0 Å². The Morgan fingerprint density at radius 2 is 1.67 bits per heavy atom. The lowest BCUT2D eigenvalue weighted by atomic mass is 10.0. The van der Waals surface area contributed by atoms with Crippen LogP contribution in [-0.2, 0) is 11.3 Å². The van der Waals surface area contributed by atoms with Gasteiger partial charge in [-0.25, -0.2) is 4.68 Å².